The van der Waals surface area contributed by atoms with Gasteiger partial charge in [-0.2, -0.15) is 0 Å². The topological polar surface area (TPSA) is 46.5 Å². The molecule has 118 valence electrons. The summed E-state index contributed by atoms with van der Waals surface area (Å²) in [6.07, 6.45) is 4.07. The first-order valence-corrected chi connectivity index (χ1v) is 8.33. The number of ether oxygens (including phenoxy) is 1. The van der Waals surface area contributed by atoms with E-state index in [0.29, 0.717) is 12.8 Å². The molecule has 0 heterocycles. The second-order valence-electron chi connectivity index (χ2n) is 5.48. The number of aliphatic hydroxyl groups is 1. The van der Waals surface area contributed by atoms with Crippen molar-refractivity contribution in [2.75, 3.05) is 13.2 Å². The van der Waals surface area contributed by atoms with Crippen molar-refractivity contribution in [1.82, 2.24) is 0 Å². The van der Waals surface area contributed by atoms with Crippen molar-refractivity contribution in [1.29, 1.82) is 0 Å². The van der Waals surface area contributed by atoms with Crippen LogP contribution in [0.15, 0.2) is 28.7 Å². The molecule has 1 rings (SSSR count). The Labute approximate surface area is 135 Å². The first kappa shape index (κ1) is 18.3. The summed E-state index contributed by atoms with van der Waals surface area (Å²) in [6, 6.07) is 7.80. The van der Waals surface area contributed by atoms with E-state index in [-0.39, 0.29) is 19.0 Å². The largest absolute Gasteiger partial charge is 0.394 e. The smallest absolute Gasteiger partial charge is 0.136 e. The number of rotatable bonds is 10. The van der Waals surface area contributed by atoms with E-state index in [2.05, 4.69) is 22.9 Å². The van der Waals surface area contributed by atoms with Crippen molar-refractivity contribution in [2.45, 2.75) is 51.6 Å². The maximum atomic E-state index is 12.2. The number of benzene rings is 1. The fourth-order valence-corrected chi connectivity index (χ4v) is 2.61. The molecular weight excluding hydrogens is 332 g/mol. The van der Waals surface area contributed by atoms with Crippen LogP contribution in [0.25, 0.3) is 0 Å². The van der Waals surface area contributed by atoms with Gasteiger partial charge in [0.2, 0.25) is 0 Å². The molecular formula is C17H25BrO3. The lowest BCUT2D eigenvalue weighted by Gasteiger charge is -2.30. The fraction of sp³-hybridized carbons (Fsp3) is 0.588. The molecule has 1 aromatic rings. The summed E-state index contributed by atoms with van der Waals surface area (Å²) in [5, 5.41) is 9.01. The van der Waals surface area contributed by atoms with Gasteiger partial charge < -0.3 is 9.84 Å². The quantitative estimate of drug-likeness (QED) is 0.638. The van der Waals surface area contributed by atoms with Gasteiger partial charge in [0.15, 0.2) is 0 Å². The van der Waals surface area contributed by atoms with E-state index in [4.69, 9.17) is 9.84 Å². The highest BCUT2D eigenvalue weighted by Gasteiger charge is 2.30. The van der Waals surface area contributed by atoms with E-state index < -0.39 is 5.60 Å². The number of aliphatic hydroxyl groups excluding tert-OH is 1. The molecule has 4 heteroatoms. The van der Waals surface area contributed by atoms with E-state index in [1.165, 1.54) is 0 Å². The molecule has 0 aliphatic carbocycles. The lowest BCUT2D eigenvalue weighted by molar-refractivity contribution is -0.128. The van der Waals surface area contributed by atoms with Gasteiger partial charge in [0.05, 0.1) is 18.8 Å². The average molecular weight is 357 g/mol. The molecule has 0 saturated heterocycles. The minimum Gasteiger partial charge on any atom is -0.394 e. The van der Waals surface area contributed by atoms with Crippen molar-refractivity contribution in [3.63, 3.8) is 0 Å². The number of carbonyl (C=O) groups is 1. The molecule has 21 heavy (non-hydrogen) atoms. The van der Waals surface area contributed by atoms with Crippen molar-refractivity contribution >= 4 is 21.7 Å². The van der Waals surface area contributed by atoms with Gasteiger partial charge in [-0.3, -0.25) is 4.79 Å². The zero-order valence-corrected chi connectivity index (χ0v) is 14.5. The molecule has 0 spiro atoms. The standard InChI is InChI=1S/C17H25BrO3/c1-3-4-5-6-16(20)13-17(2,21-12-11-19)14-7-9-15(18)10-8-14/h7-10,19H,3-6,11-13H2,1-2H3. The Morgan fingerprint density at radius 1 is 1.29 bits per heavy atom. The van der Waals surface area contributed by atoms with E-state index in [0.717, 1.165) is 29.3 Å². The molecule has 0 radical (unpaired) electrons. The number of halogens is 1. The predicted molar refractivity (Wildman–Crippen MR) is 88.3 cm³/mol. The van der Waals surface area contributed by atoms with Gasteiger partial charge in [-0.25, -0.2) is 0 Å². The first-order valence-electron chi connectivity index (χ1n) is 7.54. The molecule has 0 amide bonds. The Morgan fingerprint density at radius 2 is 1.95 bits per heavy atom. The van der Waals surface area contributed by atoms with Gasteiger partial charge in [-0.05, 0) is 31.0 Å². The number of unbranched alkanes of at least 4 members (excludes halogenated alkanes) is 2. The van der Waals surface area contributed by atoms with Crippen LogP contribution < -0.4 is 0 Å². The van der Waals surface area contributed by atoms with Crippen LogP contribution >= 0.6 is 15.9 Å². The fourth-order valence-electron chi connectivity index (χ4n) is 2.35. The van der Waals surface area contributed by atoms with Crippen molar-refractivity contribution in [2.24, 2.45) is 0 Å². The van der Waals surface area contributed by atoms with E-state index in [9.17, 15) is 4.79 Å². The van der Waals surface area contributed by atoms with Gasteiger partial charge in [-0.15, -0.1) is 0 Å². The Balaban J connectivity index is 2.77. The van der Waals surface area contributed by atoms with Crippen molar-refractivity contribution in [3.05, 3.63) is 34.3 Å². The Hall–Kier alpha value is -0.710. The predicted octanol–water partition coefficient (Wildman–Crippen LogP) is 4.21. The third kappa shape index (κ3) is 6.29. The van der Waals surface area contributed by atoms with Gasteiger partial charge in [0, 0.05) is 17.3 Å². The molecule has 0 aliphatic rings. The molecule has 0 saturated carbocycles. The van der Waals surface area contributed by atoms with Crippen LogP contribution in [0.3, 0.4) is 0 Å². The van der Waals surface area contributed by atoms with E-state index in [1.54, 1.807) is 0 Å². The Bertz CT molecular complexity index is 430. The normalized spacial score (nSPS) is 13.9. The SMILES string of the molecule is CCCCCC(=O)CC(C)(OCCO)c1ccc(Br)cc1. The Morgan fingerprint density at radius 3 is 2.52 bits per heavy atom. The summed E-state index contributed by atoms with van der Waals surface area (Å²) in [5.74, 6) is 0.215. The number of hydrogen-bond donors (Lipinski definition) is 1. The minimum atomic E-state index is -0.674. The molecule has 0 aromatic heterocycles. The number of Topliss-reactive ketones (excluding diaryl/α,β-unsaturated/α-hetero) is 1. The number of ketones is 1. The van der Waals surface area contributed by atoms with Crippen LogP contribution in [0.1, 0.15) is 51.5 Å². The van der Waals surface area contributed by atoms with Gasteiger partial charge >= 0.3 is 0 Å². The second kappa shape index (κ2) is 9.34. The van der Waals surface area contributed by atoms with Crippen LogP contribution in [0.4, 0.5) is 0 Å². The highest BCUT2D eigenvalue weighted by molar-refractivity contribution is 9.10. The van der Waals surface area contributed by atoms with Gasteiger partial charge in [-0.1, -0.05) is 47.8 Å². The van der Waals surface area contributed by atoms with Gasteiger partial charge in [0.25, 0.3) is 0 Å². The Kier molecular flexibility index (Phi) is 8.15. The van der Waals surface area contributed by atoms with Crippen LogP contribution in [0, 0.1) is 0 Å². The average Bonchev–Trinajstić information content (AvgIpc) is 2.46. The third-order valence-corrected chi connectivity index (χ3v) is 4.09. The van der Waals surface area contributed by atoms with Crippen LogP contribution in [-0.4, -0.2) is 24.1 Å². The summed E-state index contributed by atoms with van der Waals surface area (Å²) < 4.78 is 6.79. The van der Waals surface area contributed by atoms with Crippen molar-refractivity contribution in [3.8, 4) is 0 Å². The number of hydrogen-bond acceptors (Lipinski definition) is 3. The van der Waals surface area contributed by atoms with Gasteiger partial charge in [0.1, 0.15) is 5.78 Å². The second-order valence-corrected chi connectivity index (χ2v) is 6.40. The monoisotopic (exact) mass is 356 g/mol. The molecule has 0 fully saturated rings. The van der Waals surface area contributed by atoms with E-state index >= 15 is 0 Å². The summed E-state index contributed by atoms with van der Waals surface area (Å²) in [6.45, 7) is 4.23. The van der Waals surface area contributed by atoms with E-state index in [1.807, 2.05) is 31.2 Å². The summed E-state index contributed by atoms with van der Waals surface area (Å²) >= 11 is 3.41. The van der Waals surface area contributed by atoms with Crippen LogP contribution in [-0.2, 0) is 15.1 Å². The maximum absolute atomic E-state index is 12.2. The zero-order valence-electron chi connectivity index (χ0n) is 12.9. The molecule has 0 bridgehead atoms. The minimum absolute atomic E-state index is 0.0455. The lowest BCUT2D eigenvalue weighted by atomic mass is 9.89. The molecule has 1 N–H and O–H groups in total. The summed E-state index contributed by atoms with van der Waals surface area (Å²) in [7, 11) is 0. The van der Waals surface area contributed by atoms with Crippen molar-refractivity contribution < 1.29 is 14.6 Å². The summed E-state index contributed by atoms with van der Waals surface area (Å²) in [4.78, 5) is 12.2. The number of carbonyl (C=O) groups excluding carboxylic acids is 1. The maximum Gasteiger partial charge on any atom is 0.136 e. The molecule has 1 aromatic carbocycles. The molecule has 1 atom stereocenters. The first-order chi connectivity index (χ1) is 10.0. The van der Waals surface area contributed by atoms with Crippen LogP contribution in [0.2, 0.25) is 0 Å². The molecule has 3 nitrogen and oxygen atoms in total. The van der Waals surface area contributed by atoms with Crippen LogP contribution in [0.5, 0.6) is 0 Å². The molecule has 1 unspecified atom stereocenters. The molecule has 0 aliphatic heterocycles. The lowest BCUT2D eigenvalue weighted by Crippen LogP contribution is -2.30. The highest BCUT2D eigenvalue weighted by atomic mass is 79.9. The highest BCUT2D eigenvalue weighted by Crippen LogP contribution is 2.31. The zero-order chi connectivity index (χ0) is 15.7. The summed E-state index contributed by atoms with van der Waals surface area (Å²) in [5.41, 5.74) is 0.287. The third-order valence-electron chi connectivity index (χ3n) is 3.56.